The van der Waals surface area contributed by atoms with Crippen LogP contribution in [0, 0.1) is 0 Å². The van der Waals surface area contributed by atoms with Gasteiger partial charge in [-0.1, -0.05) is 75.1 Å². The van der Waals surface area contributed by atoms with E-state index in [0.29, 0.717) is 17.0 Å². The third kappa shape index (κ3) is 4.90. The predicted octanol–water partition coefficient (Wildman–Crippen LogP) is 5.98. The second kappa shape index (κ2) is 9.90. The van der Waals surface area contributed by atoms with Crippen LogP contribution < -0.4 is 0 Å². The fraction of sp³-hybridized carbons (Fsp3) is 0.364. The lowest BCUT2D eigenvalue weighted by molar-refractivity contribution is -0.136. The molecule has 0 atom stereocenters. The molecule has 1 aliphatic rings. The van der Waals surface area contributed by atoms with Crippen molar-refractivity contribution in [2.45, 2.75) is 50.3 Å². The minimum atomic E-state index is -0.147. The van der Waals surface area contributed by atoms with Crippen molar-refractivity contribution in [1.82, 2.24) is 4.90 Å². The van der Waals surface area contributed by atoms with Crippen molar-refractivity contribution >= 4 is 40.5 Å². The lowest BCUT2D eigenvalue weighted by atomic mass is 10.1. The highest BCUT2D eigenvalue weighted by Gasteiger charge is 2.39. The van der Waals surface area contributed by atoms with Crippen molar-refractivity contribution in [2.24, 2.45) is 0 Å². The maximum absolute atomic E-state index is 13.0. The lowest BCUT2D eigenvalue weighted by Crippen LogP contribution is -2.32. The summed E-state index contributed by atoms with van der Waals surface area (Å²) in [5.74, 6) is -0.291. The second-order valence-corrected chi connectivity index (χ2v) is 8.66. The molecular formula is C22H25NO2S2. The first kappa shape index (κ1) is 19.9. The Balaban J connectivity index is 1.73. The van der Waals surface area contributed by atoms with Crippen LogP contribution >= 0.6 is 23.1 Å². The Labute approximate surface area is 169 Å². The lowest BCUT2D eigenvalue weighted by Gasteiger charge is -2.14. The molecule has 5 heteroatoms. The largest absolute Gasteiger partial charge is 0.274 e. The van der Waals surface area contributed by atoms with Gasteiger partial charge in [0, 0.05) is 16.3 Å². The molecule has 1 aromatic heterocycles. The smallest absolute Gasteiger partial charge is 0.268 e. The number of nitrogens with zero attached hydrogens (tertiary/aromatic N) is 1. The summed E-state index contributed by atoms with van der Waals surface area (Å²) in [7, 11) is 0. The van der Waals surface area contributed by atoms with Gasteiger partial charge in [0.25, 0.3) is 11.8 Å². The zero-order valence-electron chi connectivity index (χ0n) is 15.6. The topological polar surface area (TPSA) is 37.4 Å². The molecule has 2 heterocycles. The Morgan fingerprint density at radius 1 is 0.889 bits per heavy atom. The molecule has 0 spiro atoms. The molecule has 142 valence electrons. The Morgan fingerprint density at radius 2 is 1.63 bits per heavy atom. The third-order valence-electron chi connectivity index (χ3n) is 4.59. The average molecular weight is 400 g/mol. The van der Waals surface area contributed by atoms with E-state index in [2.05, 4.69) is 6.92 Å². The molecule has 0 saturated heterocycles. The predicted molar refractivity (Wildman–Crippen MR) is 114 cm³/mol. The number of hydrogen-bond acceptors (Lipinski definition) is 4. The number of thiophene rings is 1. The molecule has 3 nitrogen and oxygen atoms in total. The molecule has 0 aliphatic carbocycles. The van der Waals surface area contributed by atoms with E-state index in [9.17, 15) is 9.59 Å². The van der Waals surface area contributed by atoms with Crippen LogP contribution in [-0.2, 0) is 9.59 Å². The SMILES string of the molecule is CCCCCCCCN1C(=O)C(Sc2ccccc2)=C(c2cccs2)C1=O. The molecule has 0 N–H and O–H groups in total. The van der Waals surface area contributed by atoms with Gasteiger partial charge in [0.2, 0.25) is 0 Å². The first-order valence-corrected chi connectivity index (χ1v) is 11.3. The third-order valence-corrected chi connectivity index (χ3v) is 6.57. The van der Waals surface area contributed by atoms with E-state index in [4.69, 9.17) is 0 Å². The number of hydrogen-bond donors (Lipinski definition) is 0. The van der Waals surface area contributed by atoms with Gasteiger partial charge in [0.1, 0.15) is 0 Å². The number of carbonyl (C=O) groups is 2. The van der Waals surface area contributed by atoms with E-state index in [1.807, 2.05) is 47.8 Å². The van der Waals surface area contributed by atoms with Crippen molar-refractivity contribution in [3.63, 3.8) is 0 Å². The Kier molecular flexibility index (Phi) is 7.30. The molecule has 0 radical (unpaired) electrons. The quantitative estimate of drug-likeness (QED) is 0.364. The van der Waals surface area contributed by atoms with Crippen LogP contribution in [0.5, 0.6) is 0 Å². The van der Waals surface area contributed by atoms with Crippen LogP contribution in [0.2, 0.25) is 0 Å². The fourth-order valence-corrected chi connectivity index (χ4v) is 5.00. The van der Waals surface area contributed by atoms with Crippen LogP contribution in [0.4, 0.5) is 0 Å². The summed E-state index contributed by atoms with van der Waals surface area (Å²) < 4.78 is 0. The first-order valence-electron chi connectivity index (χ1n) is 9.59. The van der Waals surface area contributed by atoms with E-state index < -0.39 is 0 Å². The van der Waals surface area contributed by atoms with Crippen molar-refractivity contribution in [3.8, 4) is 0 Å². The Hall–Kier alpha value is -1.85. The van der Waals surface area contributed by atoms with Crippen LogP contribution in [0.15, 0.2) is 57.6 Å². The molecule has 0 saturated carbocycles. The van der Waals surface area contributed by atoms with Gasteiger partial charge in [-0.25, -0.2) is 0 Å². The number of benzene rings is 1. The van der Waals surface area contributed by atoms with E-state index in [1.165, 1.54) is 53.7 Å². The monoisotopic (exact) mass is 399 g/mol. The van der Waals surface area contributed by atoms with Crippen LogP contribution in [0.1, 0.15) is 50.3 Å². The van der Waals surface area contributed by atoms with Gasteiger partial charge in [-0.05, 0) is 30.0 Å². The second-order valence-electron chi connectivity index (χ2n) is 6.63. The summed E-state index contributed by atoms with van der Waals surface area (Å²) >= 11 is 2.91. The molecule has 0 bridgehead atoms. The maximum atomic E-state index is 13.0. The van der Waals surface area contributed by atoms with E-state index in [1.54, 1.807) is 0 Å². The molecule has 2 amide bonds. The summed E-state index contributed by atoms with van der Waals surface area (Å²) in [6.45, 7) is 2.71. The highest BCUT2D eigenvalue weighted by Crippen LogP contribution is 2.40. The number of rotatable bonds is 10. The molecule has 0 unspecified atom stereocenters. The number of unbranched alkanes of at least 4 members (excludes halogenated alkanes) is 5. The average Bonchev–Trinajstić information content (AvgIpc) is 3.28. The van der Waals surface area contributed by atoms with Crippen molar-refractivity contribution in [2.75, 3.05) is 6.54 Å². The van der Waals surface area contributed by atoms with Crippen LogP contribution in [-0.4, -0.2) is 23.3 Å². The summed E-state index contributed by atoms with van der Waals surface area (Å²) in [5, 5.41) is 1.95. The van der Waals surface area contributed by atoms with E-state index in [0.717, 1.165) is 22.6 Å². The molecule has 1 aliphatic heterocycles. The van der Waals surface area contributed by atoms with Crippen molar-refractivity contribution in [3.05, 3.63) is 57.6 Å². The zero-order valence-corrected chi connectivity index (χ0v) is 17.3. The molecule has 1 aromatic carbocycles. The minimum absolute atomic E-state index is 0.144. The van der Waals surface area contributed by atoms with Crippen LogP contribution in [0.3, 0.4) is 0 Å². The summed E-state index contributed by atoms with van der Waals surface area (Å²) in [6.07, 6.45) is 6.81. The minimum Gasteiger partial charge on any atom is -0.274 e. The summed E-state index contributed by atoms with van der Waals surface area (Å²) in [6, 6.07) is 13.6. The fourth-order valence-electron chi connectivity index (χ4n) is 3.15. The van der Waals surface area contributed by atoms with E-state index >= 15 is 0 Å². The van der Waals surface area contributed by atoms with Crippen molar-refractivity contribution in [1.29, 1.82) is 0 Å². The van der Waals surface area contributed by atoms with Gasteiger partial charge in [-0.3, -0.25) is 14.5 Å². The molecule has 2 aromatic rings. The van der Waals surface area contributed by atoms with Gasteiger partial charge in [0.15, 0.2) is 0 Å². The normalized spacial score (nSPS) is 14.5. The van der Waals surface area contributed by atoms with Gasteiger partial charge >= 0.3 is 0 Å². The highest BCUT2D eigenvalue weighted by atomic mass is 32.2. The number of thioether (sulfide) groups is 1. The molecule has 3 rings (SSSR count). The van der Waals surface area contributed by atoms with Gasteiger partial charge < -0.3 is 0 Å². The van der Waals surface area contributed by atoms with Gasteiger partial charge in [-0.15, -0.1) is 11.3 Å². The van der Waals surface area contributed by atoms with Gasteiger partial charge in [0.05, 0.1) is 10.5 Å². The Bertz CT molecular complexity index is 797. The van der Waals surface area contributed by atoms with Gasteiger partial charge in [-0.2, -0.15) is 0 Å². The Morgan fingerprint density at radius 3 is 2.33 bits per heavy atom. The highest BCUT2D eigenvalue weighted by molar-refractivity contribution is 8.04. The number of imide groups is 1. The number of amides is 2. The number of carbonyl (C=O) groups excluding carboxylic acids is 2. The molecular weight excluding hydrogens is 374 g/mol. The van der Waals surface area contributed by atoms with Crippen molar-refractivity contribution < 1.29 is 9.59 Å². The maximum Gasteiger partial charge on any atom is 0.268 e. The zero-order chi connectivity index (χ0) is 19.1. The first-order chi connectivity index (χ1) is 13.2. The summed E-state index contributed by atoms with van der Waals surface area (Å²) in [4.78, 5) is 29.9. The molecule has 27 heavy (non-hydrogen) atoms. The standard InChI is InChI=1S/C22H25NO2S2/c1-2-3-4-5-6-10-15-23-21(24)19(18-14-11-16-26-18)20(22(23)25)27-17-12-8-7-9-13-17/h7-9,11-14,16H,2-6,10,15H2,1H3. The van der Waals surface area contributed by atoms with Crippen LogP contribution in [0.25, 0.3) is 5.57 Å². The summed E-state index contributed by atoms with van der Waals surface area (Å²) in [5.41, 5.74) is 0.565. The molecule has 0 fully saturated rings. The van der Waals surface area contributed by atoms with E-state index in [-0.39, 0.29) is 11.8 Å².